The number of nitrogens with zero attached hydrogens (tertiary/aromatic N) is 2. The van der Waals surface area contributed by atoms with Gasteiger partial charge in [0.15, 0.2) is 0 Å². The molecule has 1 aliphatic rings. The molecule has 0 atom stereocenters. The first-order chi connectivity index (χ1) is 13.3. The van der Waals surface area contributed by atoms with Crippen molar-refractivity contribution in [1.29, 1.82) is 0 Å². The van der Waals surface area contributed by atoms with Crippen LogP contribution >= 0.6 is 24.0 Å². The summed E-state index contributed by atoms with van der Waals surface area (Å²) in [6, 6.07) is 7.23. The number of hydrogen-bond acceptors (Lipinski definition) is 4. The van der Waals surface area contributed by atoms with Gasteiger partial charge in [-0.3, -0.25) is 9.69 Å². The predicted molar refractivity (Wildman–Crippen MR) is 117 cm³/mol. The molecule has 1 aliphatic heterocycles. The fourth-order valence-corrected chi connectivity index (χ4v) is 4.60. The van der Waals surface area contributed by atoms with Gasteiger partial charge in [-0.15, -0.1) is 6.58 Å². The molecule has 1 N–H and O–H groups in total. The van der Waals surface area contributed by atoms with Crippen LogP contribution in [-0.4, -0.2) is 37.3 Å². The molecule has 1 aromatic carbocycles. The van der Waals surface area contributed by atoms with Crippen LogP contribution in [0.1, 0.15) is 32.9 Å². The molecule has 0 spiro atoms. The summed E-state index contributed by atoms with van der Waals surface area (Å²) in [4.78, 5) is 26.2. The van der Waals surface area contributed by atoms with Gasteiger partial charge >= 0.3 is 5.97 Å². The summed E-state index contributed by atoms with van der Waals surface area (Å²) in [5, 5.41) is 9.41. The van der Waals surface area contributed by atoms with Crippen molar-refractivity contribution in [3.8, 4) is 5.69 Å². The number of rotatable bonds is 5. The summed E-state index contributed by atoms with van der Waals surface area (Å²) in [5.41, 5.74) is 4.57. The largest absolute Gasteiger partial charge is 0.478 e. The van der Waals surface area contributed by atoms with Crippen molar-refractivity contribution in [2.45, 2.75) is 20.8 Å². The summed E-state index contributed by atoms with van der Waals surface area (Å²) in [6.07, 6.45) is 3.50. The molecule has 2 aromatic rings. The van der Waals surface area contributed by atoms with Crippen molar-refractivity contribution in [1.82, 2.24) is 9.47 Å². The van der Waals surface area contributed by atoms with E-state index >= 15 is 0 Å². The third kappa shape index (κ3) is 3.43. The molecule has 7 heteroatoms. The van der Waals surface area contributed by atoms with Crippen LogP contribution in [0.25, 0.3) is 11.8 Å². The molecule has 1 saturated heterocycles. The van der Waals surface area contributed by atoms with Gasteiger partial charge in [-0.2, -0.15) is 0 Å². The maximum absolute atomic E-state index is 12.6. The Balaban J connectivity index is 2.06. The number of aromatic carboxylic acids is 1. The Labute approximate surface area is 173 Å². The van der Waals surface area contributed by atoms with Crippen LogP contribution in [0.4, 0.5) is 0 Å². The zero-order valence-electron chi connectivity index (χ0n) is 15.9. The summed E-state index contributed by atoms with van der Waals surface area (Å²) in [6.45, 7) is 9.77. The van der Waals surface area contributed by atoms with E-state index in [1.807, 2.05) is 36.6 Å². The number of thiocarbonyl (C=S) groups is 1. The van der Waals surface area contributed by atoms with Gasteiger partial charge in [0, 0.05) is 23.6 Å². The van der Waals surface area contributed by atoms with E-state index in [0.29, 0.717) is 21.3 Å². The normalized spacial score (nSPS) is 15.5. The average Bonchev–Trinajstić information content (AvgIpc) is 3.06. The number of carboxylic acid groups (broad SMARTS) is 1. The number of benzene rings is 1. The second kappa shape index (κ2) is 7.77. The van der Waals surface area contributed by atoms with Crippen LogP contribution in [0.2, 0.25) is 0 Å². The Morgan fingerprint density at radius 2 is 2.04 bits per heavy atom. The van der Waals surface area contributed by atoms with Crippen LogP contribution in [0, 0.1) is 20.8 Å². The van der Waals surface area contributed by atoms with Crippen molar-refractivity contribution in [3.05, 3.63) is 69.9 Å². The smallest absolute Gasteiger partial charge is 0.336 e. The first-order valence-corrected chi connectivity index (χ1v) is 9.87. The van der Waals surface area contributed by atoms with Crippen molar-refractivity contribution in [2.24, 2.45) is 0 Å². The number of hydrogen-bond donors (Lipinski definition) is 1. The molecule has 1 fully saturated rings. The van der Waals surface area contributed by atoms with Crippen molar-refractivity contribution >= 4 is 46.3 Å². The molecule has 0 aliphatic carbocycles. The van der Waals surface area contributed by atoms with Crippen molar-refractivity contribution in [3.63, 3.8) is 0 Å². The molecule has 144 valence electrons. The minimum Gasteiger partial charge on any atom is -0.478 e. The maximum Gasteiger partial charge on any atom is 0.336 e. The Morgan fingerprint density at radius 1 is 1.32 bits per heavy atom. The van der Waals surface area contributed by atoms with Crippen molar-refractivity contribution in [2.75, 3.05) is 6.54 Å². The zero-order chi connectivity index (χ0) is 20.6. The van der Waals surface area contributed by atoms with Gasteiger partial charge in [0.25, 0.3) is 5.91 Å². The first-order valence-electron chi connectivity index (χ1n) is 8.64. The molecule has 0 bridgehead atoms. The highest BCUT2D eigenvalue weighted by molar-refractivity contribution is 8.26. The lowest BCUT2D eigenvalue weighted by molar-refractivity contribution is -0.121. The molecule has 3 rings (SSSR count). The third-order valence-electron chi connectivity index (χ3n) is 4.72. The molecule has 5 nitrogen and oxygen atoms in total. The Morgan fingerprint density at radius 3 is 2.68 bits per heavy atom. The zero-order valence-corrected chi connectivity index (χ0v) is 17.5. The van der Waals surface area contributed by atoms with Crippen LogP contribution in [0.15, 0.2) is 41.8 Å². The fraction of sp³-hybridized carbons (Fsp3) is 0.190. The molecular weight excluding hydrogens is 392 g/mol. The Bertz CT molecular complexity index is 1050. The molecule has 1 aromatic heterocycles. The number of aromatic nitrogens is 1. The van der Waals surface area contributed by atoms with Gasteiger partial charge in [-0.1, -0.05) is 36.1 Å². The summed E-state index contributed by atoms with van der Waals surface area (Å²) in [5.74, 6) is -1.07. The number of carbonyl (C=O) groups excluding carboxylic acids is 1. The second-order valence-corrected chi connectivity index (χ2v) is 8.17. The summed E-state index contributed by atoms with van der Waals surface area (Å²) < 4.78 is 2.54. The van der Waals surface area contributed by atoms with Gasteiger partial charge in [-0.25, -0.2) is 4.79 Å². The van der Waals surface area contributed by atoms with E-state index in [1.165, 1.54) is 16.7 Å². The second-order valence-electron chi connectivity index (χ2n) is 6.50. The van der Waals surface area contributed by atoms with Gasteiger partial charge in [0.1, 0.15) is 4.32 Å². The highest BCUT2D eigenvalue weighted by atomic mass is 32.2. The molecule has 0 radical (unpaired) electrons. The van der Waals surface area contributed by atoms with E-state index in [-0.39, 0.29) is 11.5 Å². The van der Waals surface area contributed by atoms with Crippen LogP contribution in [0.5, 0.6) is 0 Å². The Kier molecular flexibility index (Phi) is 5.58. The van der Waals surface area contributed by atoms with Gasteiger partial charge < -0.3 is 9.67 Å². The van der Waals surface area contributed by atoms with Gasteiger partial charge in [0.2, 0.25) is 0 Å². The molecule has 0 saturated carbocycles. The quantitative estimate of drug-likeness (QED) is 0.445. The minimum atomic E-state index is -0.951. The number of carbonyl (C=O) groups is 2. The minimum absolute atomic E-state index is 0.122. The van der Waals surface area contributed by atoms with E-state index in [1.54, 1.807) is 25.1 Å². The Hall–Kier alpha value is -2.64. The van der Waals surface area contributed by atoms with E-state index in [0.717, 1.165) is 22.6 Å². The van der Waals surface area contributed by atoms with Crippen molar-refractivity contribution < 1.29 is 14.7 Å². The van der Waals surface area contributed by atoms with Crippen LogP contribution in [-0.2, 0) is 4.79 Å². The van der Waals surface area contributed by atoms with E-state index in [9.17, 15) is 14.7 Å². The van der Waals surface area contributed by atoms with E-state index < -0.39 is 5.97 Å². The van der Waals surface area contributed by atoms with Gasteiger partial charge in [-0.05, 0) is 56.2 Å². The lowest BCUT2D eigenvalue weighted by atomic mass is 10.1. The van der Waals surface area contributed by atoms with Gasteiger partial charge in [0.05, 0.1) is 10.5 Å². The number of thioether (sulfide) groups is 1. The van der Waals surface area contributed by atoms with E-state index in [2.05, 4.69) is 6.58 Å². The fourth-order valence-electron chi connectivity index (χ4n) is 3.33. The topological polar surface area (TPSA) is 62.5 Å². The highest BCUT2D eigenvalue weighted by Crippen LogP contribution is 2.34. The molecule has 0 unspecified atom stereocenters. The van der Waals surface area contributed by atoms with Crippen LogP contribution < -0.4 is 0 Å². The number of carboxylic acids is 1. The SMILES string of the molecule is C=CCN1C(=O)/C(=C/c2cc(C)n(-c3cccc(C(=O)O)c3C)c2C)SC1=S. The summed E-state index contributed by atoms with van der Waals surface area (Å²) in [7, 11) is 0. The number of aryl methyl sites for hydroxylation is 1. The third-order valence-corrected chi connectivity index (χ3v) is 6.10. The molecule has 1 amide bonds. The van der Waals surface area contributed by atoms with Crippen LogP contribution in [0.3, 0.4) is 0 Å². The molecular formula is C21H20N2O3S2. The molecule has 2 heterocycles. The lowest BCUT2D eigenvalue weighted by Crippen LogP contribution is -2.27. The maximum atomic E-state index is 12.6. The summed E-state index contributed by atoms with van der Waals surface area (Å²) >= 11 is 6.57. The average molecular weight is 413 g/mol. The first kappa shape index (κ1) is 20.1. The standard InChI is InChI=1S/C21H20N2O3S2/c1-5-9-22-19(24)18(28-21(22)27)11-15-10-12(2)23(14(15)4)17-8-6-7-16(13(17)3)20(25)26/h5-8,10-11H,1,9H2,2-4H3,(H,25,26)/b18-11-. The van der Waals surface area contributed by atoms with E-state index in [4.69, 9.17) is 12.2 Å². The highest BCUT2D eigenvalue weighted by Gasteiger charge is 2.31. The number of amides is 1. The lowest BCUT2D eigenvalue weighted by Gasteiger charge is -2.14. The molecule has 28 heavy (non-hydrogen) atoms. The monoisotopic (exact) mass is 412 g/mol. The predicted octanol–water partition coefficient (Wildman–Crippen LogP) is 4.49.